The van der Waals surface area contributed by atoms with Crippen LogP contribution in [0.2, 0.25) is 0 Å². The molecule has 0 amide bonds. The summed E-state index contributed by atoms with van der Waals surface area (Å²) in [6.45, 7) is 14.5. The summed E-state index contributed by atoms with van der Waals surface area (Å²) in [6.07, 6.45) is 14.6. The smallest absolute Gasteiger partial charge is 0.209 e. The van der Waals surface area contributed by atoms with E-state index in [0.717, 1.165) is 56.8 Å². The van der Waals surface area contributed by atoms with E-state index in [2.05, 4.69) is 137 Å². The van der Waals surface area contributed by atoms with E-state index in [1.165, 1.54) is 45.1 Å². The summed E-state index contributed by atoms with van der Waals surface area (Å²) >= 11 is 10.5. The molecule has 1 N–H and O–H groups in total. The largest absolute Gasteiger partial charge is 0.344 e. The van der Waals surface area contributed by atoms with Crippen molar-refractivity contribution < 1.29 is 4.58 Å². The molecular weight excluding hydrogens is 590 g/mol. The minimum absolute atomic E-state index is 0.0378. The van der Waals surface area contributed by atoms with Gasteiger partial charge in [-0.25, -0.2) is 0 Å². The van der Waals surface area contributed by atoms with E-state index >= 15 is 0 Å². The number of halogens is 2. The zero-order valence-corrected chi connectivity index (χ0v) is 27.6. The Labute approximate surface area is 260 Å². The number of fused-ring (bicyclic) bond motifs is 2. The minimum atomic E-state index is -0.0640. The predicted molar refractivity (Wildman–Crippen MR) is 180 cm³/mol. The van der Waals surface area contributed by atoms with Crippen LogP contribution in [0.3, 0.4) is 0 Å². The molecule has 2 aliphatic heterocycles. The third kappa shape index (κ3) is 5.68. The number of para-hydroxylation sites is 2. The average molecular weight is 634 g/mol. The van der Waals surface area contributed by atoms with Crippen molar-refractivity contribution in [1.82, 2.24) is 4.34 Å². The lowest BCUT2D eigenvalue weighted by Crippen LogP contribution is -2.28. The van der Waals surface area contributed by atoms with Crippen LogP contribution >= 0.6 is 27.7 Å². The van der Waals surface area contributed by atoms with Crippen LogP contribution in [0.1, 0.15) is 77.8 Å². The van der Waals surface area contributed by atoms with Crippen molar-refractivity contribution in [3.05, 3.63) is 106 Å². The van der Waals surface area contributed by atoms with E-state index in [4.69, 9.17) is 11.6 Å². The Morgan fingerprint density at radius 1 is 0.951 bits per heavy atom. The monoisotopic (exact) mass is 632 g/mol. The second-order valence-electron chi connectivity index (χ2n) is 12.5. The van der Waals surface area contributed by atoms with E-state index in [-0.39, 0.29) is 10.8 Å². The van der Waals surface area contributed by atoms with Gasteiger partial charge in [0.15, 0.2) is 12.3 Å². The zero-order valence-electron chi connectivity index (χ0n) is 25.2. The second kappa shape index (κ2) is 12.5. The summed E-state index contributed by atoms with van der Waals surface area (Å²) in [5.74, 6) is 0. The minimum Gasteiger partial charge on any atom is -0.344 e. The van der Waals surface area contributed by atoms with Gasteiger partial charge in [0.1, 0.15) is 0 Å². The molecule has 5 rings (SSSR count). The molecule has 0 spiro atoms. The number of anilines is 1. The molecule has 0 bridgehead atoms. The van der Waals surface area contributed by atoms with Gasteiger partial charge in [0.25, 0.3) is 0 Å². The number of rotatable bonds is 9. The molecule has 2 aromatic carbocycles. The highest BCUT2D eigenvalue weighted by Gasteiger charge is 2.44. The highest BCUT2D eigenvalue weighted by atomic mass is 79.9. The summed E-state index contributed by atoms with van der Waals surface area (Å²) in [5, 5.41) is 0.920. The van der Waals surface area contributed by atoms with Gasteiger partial charge in [0.05, 0.1) is 5.41 Å². The van der Waals surface area contributed by atoms with Gasteiger partial charge in [0, 0.05) is 75.2 Å². The van der Waals surface area contributed by atoms with Crippen molar-refractivity contribution in [1.29, 1.82) is 0 Å². The molecule has 0 aromatic heterocycles. The number of nitrogens with zero attached hydrogens (tertiary/aromatic N) is 2. The van der Waals surface area contributed by atoms with E-state index in [1.54, 1.807) is 0 Å². The van der Waals surface area contributed by atoms with Crippen molar-refractivity contribution in [2.24, 2.45) is 0 Å². The van der Waals surface area contributed by atoms with E-state index < -0.39 is 0 Å². The van der Waals surface area contributed by atoms with Crippen LogP contribution in [0, 0.1) is 0 Å². The molecule has 0 fully saturated rings. The summed E-state index contributed by atoms with van der Waals surface area (Å²) in [4.78, 5) is 2.50. The van der Waals surface area contributed by atoms with Gasteiger partial charge in [-0.2, -0.15) is 4.58 Å². The molecule has 216 valence electrons. The van der Waals surface area contributed by atoms with Crippen molar-refractivity contribution in [2.75, 3.05) is 24.5 Å². The molecule has 41 heavy (non-hydrogen) atoms. The number of hydrogen-bond acceptors (Lipinski definition) is 2. The van der Waals surface area contributed by atoms with Crippen molar-refractivity contribution in [3.63, 3.8) is 0 Å². The van der Waals surface area contributed by atoms with Crippen LogP contribution in [0.15, 0.2) is 94.7 Å². The van der Waals surface area contributed by atoms with Gasteiger partial charge in [-0.15, -0.1) is 0 Å². The van der Waals surface area contributed by atoms with Crippen LogP contribution in [-0.4, -0.2) is 29.9 Å². The van der Waals surface area contributed by atoms with Gasteiger partial charge in [-0.1, -0.05) is 80.9 Å². The molecule has 1 aliphatic carbocycles. The van der Waals surface area contributed by atoms with E-state index in [1.807, 2.05) is 0 Å². The first-order chi connectivity index (χ1) is 19.7. The Balaban J connectivity index is 1.48. The maximum atomic E-state index is 7.16. The second-order valence-corrected chi connectivity index (χ2v) is 13.4. The lowest BCUT2D eigenvalue weighted by atomic mass is 9.81. The fourth-order valence-electron chi connectivity index (χ4n) is 6.86. The third-order valence-corrected chi connectivity index (χ3v) is 9.92. The maximum absolute atomic E-state index is 7.16. The first kappa shape index (κ1) is 30.1. The van der Waals surface area contributed by atoms with Crippen LogP contribution in [0.5, 0.6) is 0 Å². The van der Waals surface area contributed by atoms with Crippen molar-refractivity contribution >= 4 is 44.8 Å². The fourth-order valence-corrected chi connectivity index (χ4v) is 7.45. The third-order valence-electron chi connectivity index (χ3n) is 9.04. The molecule has 0 saturated heterocycles. The number of benzene rings is 2. The Morgan fingerprint density at radius 2 is 1.68 bits per heavy atom. The summed E-state index contributed by atoms with van der Waals surface area (Å²) in [5.41, 5.74) is 10.5. The quantitative estimate of drug-likeness (QED) is 0.168. The van der Waals surface area contributed by atoms with Gasteiger partial charge in [-0.3, -0.25) is 4.34 Å². The summed E-state index contributed by atoms with van der Waals surface area (Å²) < 4.78 is 5.61. The number of nitrogens with one attached hydrogen (secondary N) is 1. The van der Waals surface area contributed by atoms with Gasteiger partial charge in [0.2, 0.25) is 5.69 Å². The van der Waals surface area contributed by atoms with Gasteiger partial charge in [-0.05, 0) is 68.4 Å². The van der Waals surface area contributed by atoms with Crippen LogP contribution < -0.4 is 9.24 Å². The Kier molecular flexibility index (Phi) is 9.13. The molecule has 0 saturated carbocycles. The van der Waals surface area contributed by atoms with Gasteiger partial charge < -0.3 is 4.90 Å². The highest BCUT2D eigenvalue weighted by Crippen LogP contribution is 2.48. The Morgan fingerprint density at radius 3 is 2.44 bits per heavy atom. The predicted octanol–water partition coefficient (Wildman–Crippen LogP) is 9.60. The first-order valence-corrected chi connectivity index (χ1v) is 16.3. The van der Waals surface area contributed by atoms with Crippen LogP contribution in [0.25, 0.3) is 0 Å². The van der Waals surface area contributed by atoms with Crippen LogP contribution in [-0.2, 0) is 10.8 Å². The molecule has 0 radical (unpaired) electrons. The van der Waals surface area contributed by atoms with Crippen molar-refractivity contribution in [3.8, 4) is 0 Å². The fraction of sp³-hybridized carbons (Fsp3) is 0.417. The maximum Gasteiger partial charge on any atom is 0.209 e. The highest BCUT2D eigenvalue weighted by molar-refractivity contribution is 9.08. The lowest BCUT2D eigenvalue weighted by molar-refractivity contribution is -0.437. The normalized spacial score (nSPS) is 21.5. The van der Waals surface area contributed by atoms with E-state index in [9.17, 15) is 0 Å². The summed E-state index contributed by atoms with van der Waals surface area (Å²) in [6, 6.07) is 17.7. The number of allylic oxidation sites excluding steroid dienone is 8. The molecule has 0 unspecified atom stereocenters. The standard InChI is InChI=1S/C36H44BrClN3/c1-6-24-40-30-17-9-7-15-28(30)35(2,3)32(40)21-19-26-13-11-14-27(34(26)38)20-22-33-36(4,5)29-16-8-10-18-31(29)41(33)25-12-23-39-37/h7-10,15-22,39H,6,11-14,23-25H2,1-5H3/q+1. The SMILES string of the molecule is CCCN1/C(=C/C=C2\CCCC(/C=C/C3=[N+](CCCNBr)c4ccccc4C3(C)C)=C2Cl)C(C)(C)c2ccccc21. The van der Waals surface area contributed by atoms with E-state index in [0.29, 0.717) is 0 Å². The topological polar surface area (TPSA) is 18.3 Å². The average Bonchev–Trinajstić information content (AvgIpc) is 3.31. The molecule has 2 aromatic rings. The lowest BCUT2D eigenvalue weighted by Gasteiger charge is -2.27. The number of hydrogen-bond donors (Lipinski definition) is 1. The first-order valence-electron chi connectivity index (χ1n) is 15.1. The molecule has 5 heteroatoms. The van der Waals surface area contributed by atoms with Crippen molar-refractivity contribution in [2.45, 2.75) is 77.6 Å². The Hall–Kier alpha value is -2.40. The molecule has 3 aliphatic rings. The molecule has 2 heterocycles. The Bertz CT molecular complexity index is 1460. The molecule has 0 atom stereocenters. The zero-order chi connectivity index (χ0) is 29.2. The van der Waals surface area contributed by atoms with Crippen LogP contribution in [0.4, 0.5) is 11.4 Å². The summed E-state index contributed by atoms with van der Waals surface area (Å²) in [7, 11) is 0. The van der Waals surface area contributed by atoms with Gasteiger partial charge >= 0.3 is 0 Å². The molecule has 3 nitrogen and oxygen atoms in total. The molecular formula is C36H44BrClN3+.